The van der Waals surface area contributed by atoms with Gasteiger partial charge in [0, 0.05) is 25.2 Å². The molecule has 184 valence electrons. The molecule has 1 atom stereocenters. The average Bonchev–Trinajstić information content (AvgIpc) is 2.83. The van der Waals surface area contributed by atoms with Crippen molar-refractivity contribution in [1.29, 1.82) is 0 Å². The number of piperazine rings is 1. The van der Waals surface area contributed by atoms with Crippen LogP contribution in [0.3, 0.4) is 0 Å². The summed E-state index contributed by atoms with van der Waals surface area (Å²) >= 11 is 0. The number of methoxy groups -OCH3 is 2. The fourth-order valence-electron chi connectivity index (χ4n) is 4.91. The van der Waals surface area contributed by atoms with Crippen LogP contribution in [0.2, 0.25) is 0 Å². The van der Waals surface area contributed by atoms with Crippen LogP contribution in [-0.2, 0) is 6.42 Å². The van der Waals surface area contributed by atoms with Gasteiger partial charge in [0.05, 0.1) is 20.3 Å². The largest absolute Gasteiger partial charge is 0.493 e. The number of halogens is 2. The molecule has 1 aliphatic rings. The number of likely N-dealkylation sites (N-methyl/N-ethyl adjacent to an activating group) is 1. The Morgan fingerprint density at radius 1 is 0.794 bits per heavy atom. The summed E-state index contributed by atoms with van der Waals surface area (Å²) in [6, 6.07) is 28.3. The zero-order chi connectivity index (χ0) is 22.6. The summed E-state index contributed by atoms with van der Waals surface area (Å²) in [5, 5.41) is 0. The summed E-state index contributed by atoms with van der Waals surface area (Å²) in [5.41, 5.74) is 3.95. The standard InChI is InChI=1S/C28H34N2O2.2ClH/c1-28(20-22-15-16-25(31-3)26(19-22)32-4)21-30(18-17-29(28)2)27(23-11-7-5-8-12-23)24-13-9-6-10-14-24;;/h5-16,19,27H,17-18,20-21H2,1-4H3;2*1H. The Hall–Kier alpha value is -2.24. The smallest absolute Gasteiger partial charge is 0.160 e. The molecule has 0 spiro atoms. The summed E-state index contributed by atoms with van der Waals surface area (Å²) in [5.74, 6) is 1.56. The highest BCUT2D eigenvalue weighted by Crippen LogP contribution is 2.35. The lowest BCUT2D eigenvalue weighted by Gasteiger charge is -2.50. The molecule has 34 heavy (non-hydrogen) atoms. The maximum absolute atomic E-state index is 5.55. The molecule has 0 N–H and O–H groups in total. The van der Waals surface area contributed by atoms with Crippen molar-refractivity contribution in [3.63, 3.8) is 0 Å². The van der Waals surface area contributed by atoms with Crippen molar-refractivity contribution < 1.29 is 9.47 Å². The van der Waals surface area contributed by atoms with Crippen molar-refractivity contribution in [3.8, 4) is 11.5 Å². The van der Waals surface area contributed by atoms with Gasteiger partial charge in [0.15, 0.2) is 11.5 Å². The van der Waals surface area contributed by atoms with Gasteiger partial charge in [0.2, 0.25) is 0 Å². The van der Waals surface area contributed by atoms with E-state index in [1.165, 1.54) is 16.7 Å². The second-order valence-corrected chi connectivity index (χ2v) is 8.98. The van der Waals surface area contributed by atoms with Gasteiger partial charge in [-0.3, -0.25) is 9.80 Å². The van der Waals surface area contributed by atoms with Crippen LogP contribution in [0, 0.1) is 0 Å². The molecular formula is C28H36Cl2N2O2. The van der Waals surface area contributed by atoms with Gasteiger partial charge >= 0.3 is 0 Å². The molecule has 1 unspecified atom stereocenters. The van der Waals surface area contributed by atoms with E-state index >= 15 is 0 Å². The normalized spacial score (nSPS) is 18.6. The van der Waals surface area contributed by atoms with Gasteiger partial charge in [0.1, 0.15) is 0 Å². The fraction of sp³-hybridized carbons (Fsp3) is 0.357. The summed E-state index contributed by atoms with van der Waals surface area (Å²) in [4.78, 5) is 5.15. The maximum atomic E-state index is 5.55. The molecule has 0 aliphatic carbocycles. The van der Waals surface area contributed by atoms with Gasteiger partial charge in [-0.1, -0.05) is 66.7 Å². The Morgan fingerprint density at radius 3 is 1.88 bits per heavy atom. The molecule has 6 heteroatoms. The zero-order valence-electron chi connectivity index (χ0n) is 20.4. The minimum Gasteiger partial charge on any atom is -0.493 e. The number of nitrogens with zero attached hydrogens (tertiary/aromatic N) is 2. The van der Waals surface area contributed by atoms with E-state index in [0.717, 1.165) is 37.6 Å². The van der Waals surface area contributed by atoms with Crippen molar-refractivity contribution >= 4 is 24.8 Å². The molecule has 0 bridgehead atoms. The van der Waals surface area contributed by atoms with Gasteiger partial charge in [-0.05, 0) is 49.2 Å². The van der Waals surface area contributed by atoms with Crippen LogP contribution in [-0.4, -0.2) is 56.2 Å². The van der Waals surface area contributed by atoms with Crippen molar-refractivity contribution in [2.24, 2.45) is 0 Å². The van der Waals surface area contributed by atoms with Gasteiger partial charge in [0.25, 0.3) is 0 Å². The van der Waals surface area contributed by atoms with Crippen molar-refractivity contribution in [1.82, 2.24) is 9.80 Å². The summed E-state index contributed by atoms with van der Waals surface area (Å²) < 4.78 is 11.0. The molecule has 0 saturated carbocycles. The van der Waals surface area contributed by atoms with E-state index in [0.29, 0.717) is 0 Å². The minimum absolute atomic E-state index is 0. The maximum Gasteiger partial charge on any atom is 0.160 e. The fourth-order valence-corrected chi connectivity index (χ4v) is 4.91. The van der Waals surface area contributed by atoms with Crippen molar-refractivity contribution in [2.75, 3.05) is 40.9 Å². The van der Waals surface area contributed by atoms with E-state index in [2.05, 4.69) is 96.6 Å². The second kappa shape index (κ2) is 12.5. The Balaban J connectivity index is 0.00000204. The lowest BCUT2D eigenvalue weighted by molar-refractivity contribution is 0.0133. The molecule has 1 saturated heterocycles. The molecule has 1 heterocycles. The molecule has 1 aliphatic heterocycles. The van der Waals surface area contributed by atoms with E-state index in [4.69, 9.17) is 9.47 Å². The van der Waals surface area contributed by atoms with Crippen molar-refractivity contribution in [3.05, 3.63) is 95.6 Å². The Labute approximate surface area is 216 Å². The van der Waals surface area contributed by atoms with E-state index < -0.39 is 0 Å². The first-order valence-electron chi connectivity index (χ1n) is 11.3. The molecule has 3 aromatic carbocycles. The third-order valence-corrected chi connectivity index (χ3v) is 6.82. The van der Waals surface area contributed by atoms with Gasteiger partial charge in [-0.15, -0.1) is 24.8 Å². The van der Waals surface area contributed by atoms with Crippen LogP contribution in [0.4, 0.5) is 0 Å². The van der Waals surface area contributed by atoms with Gasteiger partial charge < -0.3 is 9.47 Å². The number of benzene rings is 3. The van der Waals surface area contributed by atoms with E-state index in [-0.39, 0.29) is 36.4 Å². The van der Waals surface area contributed by atoms with Gasteiger partial charge in [-0.25, -0.2) is 0 Å². The molecule has 4 nitrogen and oxygen atoms in total. The average molecular weight is 504 g/mol. The number of hydrogen-bond acceptors (Lipinski definition) is 4. The number of ether oxygens (including phenoxy) is 2. The minimum atomic E-state index is -0.000337. The molecule has 3 aromatic rings. The van der Waals surface area contributed by atoms with Crippen LogP contribution in [0.1, 0.15) is 29.7 Å². The van der Waals surface area contributed by atoms with Crippen molar-refractivity contribution in [2.45, 2.75) is 24.9 Å². The molecule has 0 radical (unpaired) electrons. The molecule has 0 aromatic heterocycles. The first-order chi connectivity index (χ1) is 15.5. The lowest BCUT2D eigenvalue weighted by Crippen LogP contribution is -2.60. The second-order valence-electron chi connectivity index (χ2n) is 8.98. The first kappa shape index (κ1) is 28.0. The number of hydrogen-bond donors (Lipinski definition) is 0. The lowest BCUT2D eigenvalue weighted by atomic mass is 9.86. The highest BCUT2D eigenvalue weighted by molar-refractivity contribution is 5.85. The highest BCUT2D eigenvalue weighted by atomic mass is 35.5. The highest BCUT2D eigenvalue weighted by Gasteiger charge is 2.38. The summed E-state index contributed by atoms with van der Waals surface area (Å²) in [7, 11) is 5.62. The molecule has 0 amide bonds. The summed E-state index contributed by atoms with van der Waals surface area (Å²) in [6.45, 7) is 5.42. The molecule has 4 rings (SSSR count). The molecular weight excluding hydrogens is 467 g/mol. The van der Waals surface area contributed by atoms with Crippen LogP contribution in [0.15, 0.2) is 78.9 Å². The predicted molar refractivity (Wildman–Crippen MR) is 145 cm³/mol. The van der Waals surface area contributed by atoms with E-state index in [1.54, 1.807) is 14.2 Å². The predicted octanol–water partition coefficient (Wildman–Crippen LogP) is 5.89. The Kier molecular flexibility index (Phi) is 10.3. The van der Waals surface area contributed by atoms with Gasteiger partial charge in [-0.2, -0.15) is 0 Å². The number of rotatable bonds is 7. The zero-order valence-corrected chi connectivity index (χ0v) is 22.1. The van der Waals surface area contributed by atoms with E-state index in [9.17, 15) is 0 Å². The third kappa shape index (κ3) is 6.05. The third-order valence-electron chi connectivity index (χ3n) is 6.82. The summed E-state index contributed by atoms with van der Waals surface area (Å²) in [6.07, 6.45) is 0.941. The topological polar surface area (TPSA) is 24.9 Å². The SMILES string of the molecule is COc1ccc(CC2(C)CN(C(c3ccccc3)c3ccccc3)CCN2C)cc1OC.Cl.Cl. The molecule has 1 fully saturated rings. The van der Waals surface area contributed by atoms with Crippen LogP contribution in [0.25, 0.3) is 0 Å². The Morgan fingerprint density at radius 2 is 1.35 bits per heavy atom. The van der Waals surface area contributed by atoms with Crippen LogP contribution < -0.4 is 9.47 Å². The van der Waals surface area contributed by atoms with Crippen LogP contribution >= 0.6 is 24.8 Å². The quantitative estimate of drug-likeness (QED) is 0.402. The van der Waals surface area contributed by atoms with E-state index in [1.807, 2.05) is 6.07 Å². The first-order valence-corrected chi connectivity index (χ1v) is 11.3. The van der Waals surface area contributed by atoms with Crippen LogP contribution in [0.5, 0.6) is 11.5 Å². The Bertz CT molecular complexity index is 980. The monoisotopic (exact) mass is 502 g/mol.